The molecule has 1 aliphatic heterocycles. The third kappa shape index (κ3) is 3.05. The maximum absolute atomic E-state index is 5.87. The Kier molecular flexibility index (Phi) is 3.87. The molecular formula is C14H18BrNO2. The number of hydrogen-bond donors (Lipinski definition) is 1. The van der Waals surface area contributed by atoms with Crippen molar-refractivity contribution in [3.8, 4) is 5.75 Å². The highest BCUT2D eigenvalue weighted by atomic mass is 79.9. The molecule has 0 amide bonds. The fourth-order valence-electron chi connectivity index (χ4n) is 2.10. The maximum atomic E-state index is 5.87. The number of nitrogens with one attached hydrogen (secondary N) is 1. The predicted octanol–water partition coefficient (Wildman–Crippen LogP) is 2.90. The number of benzene rings is 1. The third-order valence-electron chi connectivity index (χ3n) is 3.43. The van der Waals surface area contributed by atoms with Gasteiger partial charge >= 0.3 is 0 Å². The summed E-state index contributed by atoms with van der Waals surface area (Å²) in [6.45, 7) is 3.44. The van der Waals surface area contributed by atoms with E-state index in [1.165, 1.54) is 18.4 Å². The zero-order chi connectivity index (χ0) is 12.4. The van der Waals surface area contributed by atoms with Gasteiger partial charge in [-0.1, -0.05) is 6.07 Å². The normalized spacial score (nSPS) is 23.9. The Balaban J connectivity index is 1.71. The van der Waals surface area contributed by atoms with Crippen LogP contribution in [0.1, 0.15) is 24.5 Å². The van der Waals surface area contributed by atoms with Crippen molar-refractivity contribution in [2.45, 2.75) is 18.9 Å². The van der Waals surface area contributed by atoms with Crippen LogP contribution in [0, 0.1) is 5.92 Å². The van der Waals surface area contributed by atoms with E-state index in [4.69, 9.17) is 9.47 Å². The molecule has 1 aliphatic carbocycles. The molecule has 0 spiro atoms. The first-order valence-corrected chi connectivity index (χ1v) is 7.37. The second kappa shape index (κ2) is 5.59. The second-order valence-electron chi connectivity index (χ2n) is 5.01. The van der Waals surface area contributed by atoms with Gasteiger partial charge in [-0.05, 0) is 52.4 Å². The zero-order valence-corrected chi connectivity index (χ0v) is 11.9. The van der Waals surface area contributed by atoms with Gasteiger partial charge in [-0.15, -0.1) is 0 Å². The number of rotatable bonds is 4. The molecule has 1 heterocycles. The fraction of sp³-hybridized carbons (Fsp3) is 0.571. The minimum atomic E-state index is 0.148. The number of morpholine rings is 1. The van der Waals surface area contributed by atoms with Gasteiger partial charge in [-0.25, -0.2) is 0 Å². The lowest BCUT2D eigenvalue weighted by molar-refractivity contribution is 0.0275. The van der Waals surface area contributed by atoms with Crippen LogP contribution in [0.5, 0.6) is 5.75 Å². The van der Waals surface area contributed by atoms with Gasteiger partial charge in [0.2, 0.25) is 0 Å². The first-order valence-electron chi connectivity index (χ1n) is 6.57. The van der Waals surface area contributed by atoms with Crippen LogP contribution in [0.3, 0.4) is 0 Å². The monoisotopic (exact) mass is 311 g/mol. The standard InChI is InChI=1S/C14H18BrNO2/c15-12-4-3-11(14-8-16-5-6-17-14)7-13(12)18-9-10-1-2-10/h3-4,7,10,14,16H,1-2,5-6,8-9H2. The van der Waals surface area contributed by atoms with Gasteiger partial charge in [0, 0.05) is 13.1 Å². The Morgan fingerprint density at radius 3 is 3.00 bits per heavy atom. The lowest BCUT2D eigenvalue weighted by Gasteiger charge is -2.24. The van der Waals surface area contributed by atoms with Crippen molar-refractivity contribution in [3.63, 3.8) is 0 Å². The summed E-state index contributed by atoms with van der Waals surface area (Å²) in [5, 5.41) is 3.35. The fourth-order valence-corrected chi connectivity index (χ4v) is 2.46. The lowest BCUT2D eigenvalue weighted by Crippen LogP contribution is -2.33. The van der Waals surface area contributed by atoms with Crippen LogP contribution in [-0.2, 0) is 4.74 Å². The summed E-state index contributed by atoms with van der Waals surface area (Å²) in [6.07, 6.45) is 2.77. The summed E-state index contributed by atoms with van der Waals surface area (Å²) < 4.78 is 12.7. The molecule has 18 heavy (non-hydrogen) atoms. The van der Waals surface area contributed by atoms with Crippen LogP contribution in [0.2, 0.25) is 0 Å². The van der Waals surface area contributed by atoms with E-state index < -0.39 is 0 Å². The molecule has 0 radical (unpaired) electrons. The molecular weight excluding hydrogens is 294 g/mol. The van der Waals surface area contributed by atoms with Gasteiger partial charge in [0.05, 0.1) is 23.8 Å². The first kappa shape index (κ1) is 12.5. The van der Waals surface area contributed by atoms with Crippen molar-refractivity contribution in [2.24, 2.45) is 5.92 Å². The molecule has 1 aromatic rings. The Morgan fingerprint density at radius 2 is 2.28 bits per heavy atom. The summed E-state index contributed by atoms with van der Waals surface area (Å²) in [5.41, 5.74) is 1.19. The van der Waals surface area contributed by atoms with Crippen molar-refractivity contribution < 1.29 is 9.47 Å². The van der Waals surface area contributed by atoms with Crippen LogP contribution < -0.4 is 10.1 Å². The molecule has 4 heteroatoms. The van der Waals surface area contributed by atoms with E-state index in [9.17, 15) is 0 Å². The molecule has 1 N–H and O–H groups in total. The van der Waals surface area contributed by atoms with Crippen LogP contribution >= 0.6 is 15.9 Å². The average molecular weight is 312 g/mol. The minimum absolute atomic E-state index is 0.148. The second-order valence-corrected chi connectivity index (χ2v) is 5.86. The van der Waals surface area contributed by atoms with Crippen molar-refractivity contribution in [2.75, 3.05) is 26.3 Å². The predicted molar refractivity (Wildman–Crippen MR) is 73.9 cm³/mol. The molecule has 2 aliphatic rings. The van der Waals surface area contributed by atoms with Crippen LogP contribution in [-0.4, -0.2) is 26.3 Å². The highest BCUT2D eigenvalue weighted by molar-refractivity contribution is 9.10. The van der Waals surface area contributed by atoms with Gasteiger partial charge in [-0.3, -0.25) is 0 Å². The number of ether oxygens (including phenoxy) is 2. The van der Waals surface area contributed by atoms with E-state index >= 15 is 0 Å². The molecule has 1 saturated heterocycles. The third-order valence-corrected chi connectivity index (χ3v) is 4.08. The molecule has 98 valence electrons. The molecule has 1 unspecified atom stereocenters. The average Bonchev–Trinajstić information content (AvgIpc) is 3.23. The van der Waals surface area contributed by atoms with Crippen LogP contribution in [0.25, 0.3) is 0 Å². The zero-order valence-electron chi connectivity index (χ0n) is 10.3. The van der Waals surface area contributed by atoms with Crippen LogP contribution in [0.4, 0.5) is 0 Å². The molecule has 0 aromatic heterocycles. The Morgan fingerprint density at radius 1 is 1.39 bits per heavy atom. The summed E-state index contributed by atoms with van der Waals surface area (Å²) >= 11 is 3.54. The number of halogens is 1. The van der Waals surface area contributed by atoms with Crippen molar-refractivity contribution >= 4 is 15.9 Å². The maximum Gasteiger partial charge on any atom is 0.133 e. The largest absolute Gasteiger partial charge is 0.492 e. The lowest BCUT2D eigenvalue weighted by atomic mass is 10.1. The topological polar surface area (TPSA) is 30.5 Å². The molecule has 3 rings (SSSR count). The highest BCUT2D eigenvalue weighted by Crippen LogP contribution is 2.33. The van der Waals surface area contributed by atoms with Crippen molar-refractivity contribution in [3.05, 3.63) is 28.2 Å². The molecule has 1 atom stereocenters. The summed E-state index contributed by atoms with van der Waals surface area (Å²) in [5.74, 6) is 1.71. The van der Waals surface area contributed by atoms with Gasteiger partial charge in [0.15, 0.2) is 0 Å². The quantitative estimate of drug-likeness (QED) is 0.927. The van der Waals surface area contributed by atoms with E-state index in [1.807, 2.05) is 0 Å². The molecule has 1 saturated carbocycles. The van der Waals surface area contributed by atoms with Gasteiger partial charge in [0.1, 0.15) is 5.75 Å². The molecule has 1 aromatic carbocycles. The van der Waals surface area contributed by atoms with E-state index in [0.29, 0.717) is 0 Å². The smallest absolute Gasteiger partial charge is 0.133 e. The highest BCUT2D eigenvalue weighted by Gasteiger charge is 2.23. The Labute approximate surface area is 116 Å². The summed E-state index contributed by atoms with van der Waals surface area (Å²) in [4.78, 5) is 0. The number of hydrogen-bond acceptors (Lipinski definition) is 3. The van der Waals surface area contributed by atoms with Gasteiger partial charge in [-0.2, -0.15) is 0 Å². The minimum Gasteiger partial charge on any atom is -0.492 e. The summed E-state index contributed by atoms with van der Waals surface area (Å²) in [6, 6.07) is 6.26. The van der Waals surface area contributed by atoms with Crippen molar-refractivity contribution in [1.29, 1.82) is 0 Å². The van der Waals surface area contributed by atoms with Gasteiger partial charge in [0.25, 0.3) is 0 Å². The van der Waals surface area contributed by atoms with Crippen LogP contribution in [0.15, 0.2) is 22.7 Å². The Hall–Kier alpha value is -0.580. The molecule has 0 bridgehead atoms. The van der Waals surface area contributed by atoms with E-state index in [0.717, 1.165) is 42.4 Å². The van der Waals surface area contributed by atoms with E-state index in [1.54, 1.807) is 0 Å². The SMILES string of the molecule is Brc1ccc(C2CNCCO2)cc1OCC1CC1. The van der Waals surface area contributed by atoms with E-state index in [-0.39, 0.29) is 6.10 Å². The first-order chi connectivity index (χ1) is 8.83. The molecule has 2 fully saturated rings. The molecule has 3 nitrogen and oxygen atoms in total. The van der Waals surface area contributed by atoms with Gasteiger partial charge < -0.3 is 14.8 Å². The Bertz CT molecular complexity index is 414. The van der Waals surface area contributed by atoms with E-state index in [2.05, 4.69) is 39.4 Å². The van der Waals surface area contributed by atoms with Crippen molar-refractivity contribution in [1.82, 2.24) is 5.32 Å². The summed E-state index contributed by atoms with van der Waals surface area (Å²) in [7, 11) is 0.